The van der Waals surface area contributed by atoms with Gasteiger partial charge in [-0.1, -0.05) is 24.3 Å². The maximum atomic E-state index is 13.3. The van der Waals surface area contributed by atoms with E-state index in [0.29, 0.717) is 15.9 Å². The van der Waals surface area contributed by atoms with Crippen LogP contribution >= 0.6 is 27.5 Å². The van der Waals surface area contributed by atoms with Crippen molar-refractivity contribution in [3.05, 3.63) is 40.1 Å². The Morgan fingerprint density at radius 3 is 2.92 bits per heavy atom. The molecular formula is C10H9BrClF. The third-order valence-electron chi connectivity index (χ3n) is 1.55. The van der Waals surface area contributed by atoms with Gasteiger partial charge in [-0.2, -0.15) is 0 Å². The lowest BCUT2D eigenvalue weighted by molar-refractivity contribution is 0.618. The number of alkyl halides is 1. The number of halogens is 3. The van der Waals surface area contributed by atoms with Gasteiger partial charge in [0.15, 0.2) is 0 Å². The van der Waals surface area contributed by atoms with E-state index in [0.717, 1.165) is 6.42 Å². The van der Waals surface area contributed by atoms with Crippen LogP contribution in [0.3, 0.4) is 0 Å². The molecule has 0 N–H and O–H groups in total. The highest BCUT2D eigenvalue weighted by molar-refractivity contribution is 9.10. The van der Waals surface area contributed by atoms with Crippen LogP contribution in [0.5, 0.6) is 0 Å². The molecule has 1 aromatic rings. The van der Waals surface area contributed by atoms with Gasteiger partial charge in [0, 0.05) is 11.4 Å². The zero-order valence-corrected chi connectivity index (χ0v) is 9.28. The summed E-state index contributed by atoms with van der Waals surface area (Å²) in [5, 5.41) is 0. The summed E-state index contributed by atoms with van der Waals surface area (Å²) >= 11 is 8.60. The van der Waals surface area contributed by atoms with E-state index >= 15 is 0 Å². The first kappa shape index (κ1) is 10.7. The van der Waals surface area contributed by atoms with Crippen LogP contribution < -0.4 is 0 Å². The molecule has 13 heavy (non-hydrogen) atoms. The van der Waals surface area contributed by atoms with Crippen LogP contribution in [0.1, 0.15) is 12.0 Å². The average molecular weight is 264 g/mol. The summed E-state index contributed by atoms with van der Waals surface area (Å²) in [4.78, 5) is 0. The maximum Gasteiger partial charge on any atom is 0.144 e. The molecule has 1 rings (SSSR count). The van der Waals surface area contributed by atoms with Gasteiger partial charge in [-0.15, -0.1) is 11.6 Å². The van der Waals surface area contributed by atoms with Gasteiger partial charge < -0.3 is 0 Å². The van der Waals surface area contributed by atoms with Crippen LogP contribution in [0.15, 0.2) is 28.7 Å². The molecule has 0 amide bonds. The Morgan fingerprint density at radius 1 is 1.46 bits per heavy atom. The average Bonchev–Trinajstić information content (AvgIpc) is 2.13. The second-order valence-electron chi connectivity index (χ2n) is 2.52. The normalized spacial score (nSPS) is 11.0. The molecule has 0 bridgehead atoms. The summed E-state index contributed by atoms with van der Waals surface area (Å²) in [6.07, 6.45) is 4.35. The van der Waals surface area contributed by atoms with Gasteiger partial charge in [0.1, 0.15) is 5.82 Å². The van der Waals surface area contributed by atoms with Gasteiger partial charge in [-0.25, -0.2) is 4.39 Å². The molecule has 0 aliphatic heterocycles. The maximum absolute atomic E-state index is 13.3. The lowest BCUT2D eigenvalue weighted by Gasteiger charge is -1.97. The van der Waals surface area contributed by atoms with Gasteiger partial charge in [-0.3, -0.25) is 0 Å². The second kappa shape index (κ2) is 5.40. The smallest absolute Gasteiger partial charge is 0.144 e. The lowest BCUT2D eigenvalue weighted by atomic mass is 10.2. The van der Waals surface area contributed by atoms with Gasteiger partial charge in [0.2, 0.25) is 0 Å². The number of hydrogen-bond donors (Lipinski definition) is 0. The second-order valence-corrected chi connectivity index (χ2v) is 3.76. The summed E-state index contributed by atoms with van der Waals surface area (Å²) in [5.74, 6) is 0.333. The van der Waals surface area contributed by atoms with E-state index in [4.69, 9.17) is 11.6 Å². The number of benzene rings is 1. The monoisotopic (exact) mass is 262 g/mol. The fraction of sp³-hybridized carbons (Fsp3) is 0.200. The highest BCUT2D eigenvalue weighted by Crippen LogP contribution is 2.19. The van der Waals surface area contributed by atoms with Crippen molar-refractivity contribution in [2.24, 2.45) is 0 Å². The van der Waals surface area contributed by atoms with Crippen molar-refractivity contribution in [3.8, 4) is 0 Å². The highest BCUT2D eigenvalue weighted by Gasteiger charge is 2.01. The Morgan fingerprint density at radius 2 is 2.23 bits per heavy atom. The number of rotatable bonds is 3. The van der Waals surface area contributed by atoms with Gasteiger partial charge >= 0.3 is 0 Å². The molecule has 0 radical (unpaired) electrons. The topological polar surface area (TPSA) is 0 Å². The molecule has 0 heterocycles. The Balaban J connectivity index is 2.83. The molecule has 0 spiro atoms. The van der Waals surface area contributed by atoms with Crippen LogP contribution in [-0.4, -0.2) is 5.88 Å². The SMILES string of the molecule is Fc1c(Br)cccc1/C=C/CCCl. The third-order valence-corrected chi connectivity index (χ3v) is 2.39. The molecular weight excluding hydrogens is 254 g/mol. The molecule has 0 nitrogen and oxygen atoms in total. The van der Waals surface area contributed by atoms with E-state index in [1.54, 1.807) is 24.3 Å². The quantitative estimate of drug-likeness (QED) is 0.716. The summed E-state index contributed by atoms with van der Waals surface area (Å²) < 4.78 is 13.8. The molecule has 0 atom stereocenters. The zero-order valence-electron chi connectivity index (χ0n) is 6.93. The Hall–Kier alpha value is -0.340. The van der Waals surface area contributed by atoms with Crippen molar-refractivity contribution in [1.82, 2.24) is 0 Å². The van der Waals surface area contributed by atoms with E-state index in [9.17, 15) is 4.39 Å². The summed E-state index contributed by atoms with van der Waals surface area (Å²) in [6.45, 7) is 0. The van der Waals surface area contributed by atoms with Crippen LogP contribution in [0.4, 0.5) is 4.39 Å². The summed E-state index contributed by atoms with van der Waals surface area (Å²) in [6, 6.07) is 5.20. The zero-order chi connectivity index (χ0) is 9.68. The molecule has 0 saturated carbocycles. The van der Waals surface area contributed by atoms with E-state index < -0.39 is 0 Å². The predicted molar refractivity (Wildman–Crippen MR) is 58.5 cm³/mol. The minimum Gasteiger partial charge on any atom is -0.205 e. The van der Waals surface area contributed by atoms with Crippen molar-refractivity contribution >= 4 is 33.6 Å². The summed E-state index contributed by atoms with van der Waals surface area (Å²) in [7, 11) is 0. The Labute approximate surface area is 90.5 Å². The molecule has 70 valence electrons. The molecule has 3 heteroatoms. The number of allylic oxidation sites excluding steroid dienone is 1. The molecule has 0 aromatic heterocycles. The van der Waals surface area contributed by atoms with Gasteiger partial charge in [0.25, 0.3) is 0 Å². The summed E-state index contributed by atoms with van der Waals surface area (Å²) in [5.41, 5.74) is 0.583. The first-order chi connectivity index (χ1) is 6.25. The van der Waals surface area contributed by atoms with E-state index in [1.165, 1.54) is 0 Å². The third kappa shape index (κ3) is 3.12. The van der Waals surface area contributed by atoms with Crippen molar-refractivity contribution in [1.29, 1.82) is 0 Å². The first-order valence-electron chi connectivity index (χ1n) is 3.92. The largest absolute Gasteiger partial charge is 0.205 e. The first-order valence-corrected chi connectivity index (χ1v) is 5.25. The molecule has 0 fully saturated rings. The molecule has 0 aliphatic carbocycles. The van der Waals surface area contributed by atoms with E-state index in [1.807, 2.05) is 6.08 Å². The van der Waals surface area contributed by atoms with Crippen LogP contribution in [0.2, 0.25) is 0 Å². The lowest BCUT2D eigenvalue weighted by Crippen LogP contribution is -1.82. The minimum atomic E-state index is -0.228. The van der Waals surface area contributed by atoms with Crippen molar-refractivity contribution in [2.45, 2.75) is 6.42 Å². The van der Waals surface area contributed by atoms with E-state index in [2.05, 4.69) is 15.9 Å². The molecule has 0 saturated heterocycles. The molecule has 0 aliphatic rings. The van der Waals surface area contributed by atoms with E-state index in [-0.39, 0.29) is 5.82 Å². The van der Waals surface area contributed by atoms with Crippen molar-refractivity contribution in [2.75, 3.05) is 5.88 Å². The van der Waals surface area contributed by atoms with Crippen LogP contribution in [0.25, 0.3) is 6.08 Å². The molecule has 0 unspecified atom stereocenters. The fourth-order valence-corrected chi connectivity index (χ4v) is 1.43. The minimum absolute atomic E-state index is 0.228. The van der Waals surface area contributed by atoms with Crippen molar-refractivity contribution < 1.29 is 4.39 Å². The predicted octanol–water partition coefficient (Wildman–Crippen LogP) is 4.23. The Kier molecular flexibility index (Phi) is 4.46. The standard InChI is InChI=1S/C10H9BrClF/c11-9-6-3-5-8(10(9)13)4-1-2-7-12/h1,3-6H,2,7H2/b4-1+. The van der Waals surface area contributed by atoms with Gasteiger partial charge in [-0.05, 0) is 28.4 Å². The van der Waals surface area contributed by atoms with Crippen LogP contribution in [0, 0.1) is 5.82 Å². The fourth-order valence-electron chi connectivity index (χ4n) is 0.922. The van der Waals surface area contributed by atoms with Crippen LogP contribution in [-0.2, 0) is 0 Å². The number of hydrogen-bond acceptors (Lipinski definition) is 0. The van der Waals surface area contributed by atoms with Gasteiger partial charge in [0.05, 0.1) is 4.47 Å². The Bertz CT molecular complexity index is 310. The molecule has 1 aromatic carbocycles. The highest BCUT2D eigenvalue weighted by atomic mass is 79.9. The van der Waals surface area contributed by atoms with Crippen molar-refractivity contribution in [3.63, 3.8) is 0 Å².